The van der Waals surface area contributed by atoms with Crippen LogP contribution in [0, 0.1) is 5.92 Å². The van der Waals surface area contributed by atoms with Gasteiger partial charge in [0.15, 0.2) is 0 Å². The Morgan fingerprint density at radius 3 is 2.72 bits per heavy atom. The summed E-state index contributed by atoms with van der Waals surface area (Å²) in [6, 6.07) is 8.59. The number of hydrogen-bond donors (Lipinski definition) is 1. The molecular formula is C18H25Cl2N3OS. The van der Waals surface area contributed by atoms with E-state index in [0.29, 0.717) is 12.3 Å². The summed E-state index contributed by atoms with van der Waals surface area (Å²) in [5.74, 6) is 0.647. The van der Waals surface area contributed by atoms with Gasteiger partial charge in [0.1, 0.15) is 5.01 Å². The van der Waals surface area contributed by atoms with Crippen LogP contribution >= 0.6 is 36.2 Å². The Kier molecular flexibility index (Phi) is 7.09. The smallest absolute Gasteiger partial charge is 0.223 e. The van der Waals surface area contributed by atoms with Gasteiger partial charge in [-0.15, -0.1) is 36.2 Å². The normalized spacial score (nSPS) is 25.6. The van der Waals surface area contributed by atoms with Gasteiger partial charge >= 0.3 is 0 Å². The first-order chi connectivity index (χ1) is 11.2. The predicted molar refractivity (Wildman–Crippen MR) is 108 cm³/mol. The summed E-state index contributed by atoms with van der Waals surface area (Å²) in [7, 11) is 0. The molecule has 1 aromatic carbocycles. The van der Waals surface area contributed by atoms with Crippen molar-refractivity contribution in [3.8, 4) is 0 Å². The second-order valence-corrected chi connectivity index (χ2v) is 7.89. The van der Waals surface area contributed by atoms with Gasteiger partial charge in [-0.05, 0) is 43.7 Å². The molecule has 3 atom stereocenters. The van der Waals surface area contributed by atoms with E-state index < -0.39 is 0 Å². The number of carbonyl (C=O) groups is 1. The molecule has 4 rings (SSSR count). The highest BCUT2D eigenvalue weighted by atomic mass is 35.5. The van der Waals surface area contributed by atoms with E-state index in [9.17, 15) is 4.79 Å². The molecule has 1 aromatic heterocycles. The Balaban J connectivity index is 0.00000113. The van der Waals surface area contributed by atoms with Gasteiger partial charge in [0.25, 0.3) is 0 Å². The fraction of sp³-hybridized carbons (Fsp3) is 0.556. The third-order valence-electron chi connectivity index (χ3n) is 5.32. The first-order valence-electron chi connectivity index (χ1n) is 8.63. The predicted octanol–water partition coefficient (Wildman–Crippen LogP) is 4.32. The molecule has 2 fully saturated rings. The Hall–Kier alpha value is -0.880. The largest absolute Gasteiger partial charge is 0.333 e. The SMILES string of the molecule is Cl.Cl.N[C@@H]1CCC[C@H]1CC(=O)N1CCCC1c1nc2ccccc2s1. The summed E-state index contributed by atoms with van der Waals surface area (Å²) in [6.07, 6.45) is 6.06. The van der Waals surface area contributed by atoms with Gasteiger partial charge in [0.2, 0.25) is 5.91 Å². The molecule has 2 heterocycles. The number of nitrogens with two attached hydrogens (primary N) is 1. The molecule has 2 aromatic rings. The van der Waals surface area contributed by atoms with E-state index in [2.05, 4.69) is 11.0 Å². The number of amides is 1. The molecule has 138 valence electrons. The number of para-hydroxylation sites is 1. The highest BCUT2D eigenvalue weighted by Gasteiger charge is 2.35. The summed E-state index contributed by atoms with van der Waals surface area (Å²) in [6.45, 7) is 0.862. The van der Waals surface area contributed by atoms with Crippen LogP contribution in [0.1, 0.15) is 49.6 Å². The number of likely N-dealkylation sites (tertiary alicyclic amines) is 1. The van der Waals surface area contributed by atoms with E-state index in [1.165, 1.54) is 11.1 Å². The van der Waals surface area contributed by atoms with Crippen molar-refractivity contribution in [2.24, 2.45) is 11.7 Å². The van der Waals surface area contributed by atoms with Gasteiger partial charge in [-0.1, -0.05) is 18.6 Å². The van der Waals surface area contributed by atoms with E-state index >= 15 is 0 Å². The number of rotatable bonds is 3. The number of fused-ring (bicyclic) bond motifs is 1. The lowest BCUT2D eigenvalue weighted by Gasteiger charge is -2.25. The van der Waals surface area contributed by atoms with Gasteiger partial charge in [-0.3, -0.25) is 4.79 Å². The third-order valence-corrected chi connectivity index (χ3v) is 6.46. The second kappa shape index (κ2) is 8.67. The molecule has 0 bridgehead atoms. The van der Waals surface area contributed by atoms with Crippen LogP contribution in [0.15, 0.2) is 24.3 Å². The molecule has 2 aliphatic rings. The highest BCUT2D eigenvalue weighted by molar-refractivity contribution is 7.18. The van der Waals surface area contributed by atoms with Crippen molar-refractivity contribution in [2.45, 2.75) is 50.6 Å². The highest BCUT2D eigenvalue weighted by Crippen LogP contribution is 2.38. The van der Waals surface area contributed by atoms with Crippen molar-refractivity contribution in [3.05, 3.63) is 29.3 Å². The topological polar surface area (TPSA) is 59.2 Å². The van der Waals surface area contributed by atoms with E-state index in [-0.39, 0.29) is 42.8 Å². The molecule has 1 aliphatic carbocycles. The summed E-state index contributed by atoms with van der Waals surface area (Å²) in [5.41, 5.74) is 7.19. The van der Waals surface area contributed by atoms with Gasteiger partial charge in [-0.2, -0.15) is 0 Å². The molecule has 25 heavy (non-hydrogen) atoms. The average molecular weight is 402 g/mol. The molecule has 0 radical (unpaired) electrons. The molecule has 1 amide bonds. The van der Waals surface area contributed by atoms with Gasteiger partial charge in [0.05, 0.1) is 16.3 Å². The maximum atomic E-state index is 12.8. The van der Waals surface area contributed by atoms with E-state index in [1.807, 2.05) is 18.2 Å². The minimum absolute atomic E-state index is 0. The zero-order valence-electron chi connectivity index (χ0n) is 14.1. The zero-order chi connectivity index (χ0) is 15.8. The van der Waals surface area contributed by atoms with Crippen LogP contribution in [0.4, 0.5) is 0 Å². The third kappa shape index (κ3) is 4.11. The van der Waals surface area contributed by atoms with Crippen molar-refractivity contribution in [1.29, 1.82) is 0 Å². The number of benzene rings is 1. The van der Waals surface area contributed by atoms with Crippen molar-refractivity contribution in [3.63, 3.8) is 0 Å². The van der Waals surface area contributed by atoms with Crippen LogP contribution < -0.4 is 5.73 Å². The van der Waals surface area contributed by atoms with E-state index in [1.54, 1.807) is 11.3 Å². The van der Waals surface area contributed by atoms with Gasteiger partial charge in [0, 0.05) is 19.0 Å². The molecule has 1 saturated heterocycles. The minimum atomic E-state index is 0. The van der Waals surface area contributed by atoms with E-state index in [0.717, 1.165) is 42.8 Å². The molecule has 1 aliphatic heterocycles. The summed E-state index contributed by atoms with van der Waals surface area (Å²) in [5, 5.41) is 1.09. The lowest BCUT2D eigenvalue weighted by molar-refractivity contribution is -0.133. The Labute approximate surface area is 165 Å². The lowest BCUT2D eigenvalue weighted by atomic mass is 9.99. The average Bonchev–Trinajstić information content (AvgIpc) is 3.26. The standard InChI is InChI=1S/C18H23N3OS.2ClH/c19-13-6-3-5-12(13)11-17(22)21-10-4-8-15(21)18-20-14-7-1-2-9-16(14)23-18;;/h1-2,7,9,12-13,15H,3-6,8,10-11,19H2;2*1H/t12-,13+,15?;;/m0../s1. The summed E-state index contributed by atoms with van der Waals surface area (Å²) in [4.78, 5) is 19.6. The Morgan fingerprint density at radius 2 is 2.00 bits per heavy atom. The Bertz CT molecular complexity index is 690. The van der Waals surface area contributed by atoms with Crippen LogP contribution in [0.5, 0.6) is 0 Å². The summed E-state index contributed by atoms with van der Waals surface area (Å²) < 4.78 is 1.21. The second-order valence-electron chi connectivity index (χ2n) is 6.82. The number of thiazole rings is 1. The molecule has 2 N–H and O–H groups in total. The maximum Gasteiger partial charge on any atom is 0.223 e. The van der Waals surface area contributed by atoms with Crippen molar-refractivity contribution in [2.75, 3.05) is 6.54 Å². The first-order valence-corrected chi connectivity index (χ1v) is 9.44. The lowest BCUT2D eigenvalue weighted by Crippen LogP contribution is -2.35. The van der Waals surface area contributed by atoms with Crippen LogP contribution in [-0.4, -0.2) is 28.4 Å². The minimum Gasteiger partial charge on any atom is -0.333 e. The number of nitrogens with zero attached hydrogens (tertiary/aromatic N) is 2. The molecule has 7 heteroatoms. The number of halogens is 2. The van der Waals surface area contributed by atoms with Crippen molar-refractivity contribution < 1.29 is 4.79 Å². The number of aromatic nitrogens is 1. The molecular weight excluding hydrogens is 377 g/mol. The van der Waals surface area contributed by atoms with Gasteiger partial charge in [-0.25, -0.2) is 4.98 Å². The van der Waals surface area contributed by atoms with Crippen LogP contribution in [0.25, 0.3) is 10.2 Å². The van der Waals surface area contributed by atoms with Gasteiger partial charge < -0.3 is 10.6 Å². The quantitative estimate of drug-likeness (QED) is 0.832. The van der Waals surface area contributed by atoms with Crippen LogP contribution in [-0.2, 0) is 4.79 Å². The fourth-order valence-electron chi connectivity index (χ4n) is 4.02. The number of carbonyl (C=O) groups excluding carboxylic acids is 1. The van der Waals surface area contributed by atoms with Crippen LogP contribution in [0.2, 0.25) is 0 Å². The maximum absolute atomic E-state index is 12.8. The van der Waals surface area contributed by atoms with Crippen LogP contribution in [0.3, 0.4) is 0 Å². The molecule has 0 spiro atoms. The monoisotopic (exact) mass is 401 g/mol. The molecule has 1 saturated carbocycles. The molecule has 4 nitrogen and oxygen atoms in total. The number of hydrogen-bond acceptors (Lipinski definition) is 4. The Morgan fingerprint density at radius 1 is 1.20 bits per heavy atom. The first kappa shape index (κ1) is 20.4. The molecule has 1 unspecified atom stereocenters. The zero-order valence-corrected chi connectivity index (χ0v) is 16.5. The van der Waals surface area contributed by atoms with E-state index in [4.69, 9.17) is 10.7 Å². The van der Waals surface area contributed by atoms with Crippen molar-refractivity contribution >= 4 is 52.3 Å². The van der Waals surface area contributed by atoms with Crippen molar-refractivity contribution in [1.82, 2.24) is 9.88 Å². The summed E-state index contributed by atoms with van der Waals surface area (Å²) >= 11 is 1.73. The fourth-order valence-corrected chi connectivity index (χ4v) is 5.13.